The van der Waals surface area contributed by atoms with Crippen LogP contribution in [0.3, 0.4) is 0 Å². The maximum absolute atomic E-state index is 15.0. The van der Waals surface area contributed by atoms with Crippen LogP contribution in [0, 0.1) is 12.7 Å². The van der Waals surface area contributed by atoms with E-state index in [1.807, 2.05) is 25.1 Å². The summed E-state index contributed by atoms with van der Waals surface area (Å²) in [5.41, 5.74) is 3.41. The lowest BCUT2D eigenvalue weighted by molar-refractivity contribution is 0.154. The van der Waals surface area contributed by atoms with E-state index in [9.17, 15) is 4.79 Å². The molecule has 1 aliphatic rings. The minimum Gasteiger partial charge on any atom is -0.496 e. The molecule has 5 rings (SSSR count). The molecule has 9 heteroatoms. The molecule has 35 heavy (non-hydrogen) atoms. The van der Waals surface area contributed by atoms with E-state index in [1.54, 1.807) is 31.5 Å². The molecule has 0 saturated carbocycles. The molecule has 2 aromatic carbocycles. The van der Waals surface area contributed by atoms with Crippen LogP contribution in [0.2, 0.25) is 0 Å². The molecule has 2 N–H and O–H groups in total. The van der Waals surface area contributed by atoms with Crippen molar-refractivity contribution in [1.29, 1.82) is 0 Å². The first-order valence-corrected chi connectivity index (χ1v) is 11.0. The van der Waals surface area contributed by atoms with Crippen LogP contribution in [0.15, 0.2) is 54.9 Å². The van der Waals surface area contributed by atoms with Crippen molar-refractivity contribution in [3.05, 3.63) is 71.8 Å². The summed E-state index contributed by atoms with van der Waals surface area (Å²) in [7, 11) is 1.56. The van der Waals surface area contributed by atoms with Crippen LogP contribution in [0.4, 0.5) is 20.7 Å². The van der Waals surface area contributed by atoms with Crippen LogP contribution in [0.1, 0.15) is 11.1 Å². The van der Waals surface area contributed by atoms with Crippen molar-refractivity contribution in [2.75, 3.05) is 30.9 Å². The van der Waals surface area contributed by atoms with Gasteiger partial charge in [-0.2, -0.15) is 0 Å². The Morgan fingerprint density at radius 2 is 2.00 bits per heavy atom. The number of aromatic nitrogens is 2. The van der Waals surface area contributed by atoms with Gasteiger partial charge in [-0.1, -0.05) is 18.2 Å². The minimum absolute atomic E-state index is 0.0428. The third-order valence-corrected chi connectivity index (χ3v) is 5.83. The van der Waals surface area contributed by atoms with Gasteiger partial charge in [0.1, 0.15) is 36.3 Å². The van der Waals surface area contributed by atoms with E-state index in [0.717, 1.165) is 16.8 Å². The van der Waals surface area contributed by atoms with E-state index >= 15 is 4.39 Å². The number of fused-ring (bicyclic) bond motifs is 2. The lowest BCUT2D eigenvalue weighted by Gasteiger charge is -2.21. The number of nitrogens with one attached hydrogen (secondary N) is 2. The second-order valence-corrected chi connectivity index (χ2v) is 8.01. The molecule has 0 saturated heterocycles. The first-order valence-electron chi connectivity index (χ1n) is 11.0. The summed E-state index contributed by atoms with van der Waals surface area (Å²) < 4.78 is 31.2. The van der Waals surface area contributed by atoms with Gasteiger partial charge >= 0.3 is 6.09 Å². The van der Waals surface area contributed by atoms with Crippen molar-refractivity contribution >= 4 is 28.4 Å². The summed E-state index contributed by atoms with van der Waals surface area (Å²) in [4.78, 5) is 20.9. The van der Waals surface area contributed by atoms with E-state index in [4.69, 9.17) is 14.2 Å². The van der Waals surface area contributed by atoms with Crippen LogP contribution in [0.25, 0.3) is 21.9 Å². The van der Waals surface area contributed by atoms with Crippen molar-refractivity contribution in [2.45, 2.75) is 13.5 Å². The summed E-state index contributed by atoms with van der Waals surface area (Å²) in [6.07, 6.45) is 2.46. The zero-order valence-corrected chi connectivity index (χ0v) is 19.2. The summed E-state index contributed by atoms with van der Waals surface area (Å²) in [5.74, 6) is 1.04. The van der Waals surface area contributed by atoms with E-state index in [-0.39, 0.29) is 12.4 Å². The Balaban J connectivity index is 1.38. The number of methoxy groups -OCH3 is 1. The number of halogens is 1. The quantitative estimate of drug-likeness (QED) is 0.405. The van der Waals surface area contributed by atoms with Crippen LogP contribution in [-0.2, 0) is 11.3 Å². The molecule has 1 amide bonds. The molecule has 0 atom stereocenters. The fourth-order valence-electron chi connectivity index (χ4n) is 4.04. The lowest BCUT2D eigenvalue weighted by atomic mass is 9.98. The number of anilines is 2. The largest absolute Gasteiger partial charge is 0.496 e. The topological polar surface area (TPSA) is 94.6 Å². The highest BCUT2D eigenvalue weighted by Crippen LogP contribution is 2.37. The van der Waals surface area contributed by atoms with Gasteiger partial charge < -0.3 is 19.5 Å². The number of amides is 1. The van der Waals surface area contributed by atoms with Gasteiger partial charge in [0.25, 0.3) is 0 Å². The van der Waals surface area contributed by atoms with Gasteiger partial charge in [0.2, 0.25) is 5.88 Å². The number of benzene rings is 2. The molecule has 3 heterocycles. The molecule has 0 fully saturated rings. The standard InChI is InChI=1S/C26H23FN4O4/c1-15-20(13-30-25-24(15)28-7-8-34-25)19-9-17-11-23(29-12-18(17)10-21(19)27)31-26(32)35-14-16-5-3-4-6-22(16)33-2/h3-6,9-13,28H,7-8,14H2,1-2H3,(H,29,31,32). The van der Waals surface area contributed by atoms with E-state index in [1.165, 1.54) is 12.3 Å². The van der Waals surface area contributed by atoms with Crippen molar-refractivity contribution < 1.29 is 23.4 Å². The van der Waals surface area contributed by atoms with Gasteiger partial charge in [0.15, 0.2) is 0 Å². The first kappa shape index (κ1) is 22.4. The highest BCUT2D eigenvalue weighted by Gasteiger charge is 2.19. The molecule has 0 radical (unpaired) electrons. The Bertz CT molecular complexity index is 1430. The average molecular weight is 474 g/mol. The monoisotopic (exact) mass is 474 g/mol. The van der Waals surface area contributed by atoms with E-state index in [0.29, 0.717) is 46.7 Å². The van der Waals surface area contributed by atoms with Crippen LogP contribution in [-0.4, -0.2) is 36.3 Å². The molecule has 0 unspecified atom stereocenters. The maximum Gasteiger partial charge on any atom is 0.413 e. The molecule has 0 spiro atoms. The third kappa shape index (κ3) is 4.52. The molecule has 178 valence electrons. The Hall–Kier alpha value is -4.40. The Morgan fingerprint density at radius 1 is 1.14 bits per heavy atom. The number of hydrogen-bond acceptors (Lipinski definition) is 7. The SMILES string of the molecule is COc1ccccc1COC(=O)Nc1cc2cc(-c3cnc4c(c3C)NCCO4)c(F)cc2cn1. The Morgan fingerprint density at radius 3 is 2.86 bits per heavy atom. The third-order valence-electron chi connectivity index (χ3n) is 5.83. The number of hydrogen-bond donors (Lipinski definition) is 2. The summed E-state index contributed by atoms with van der Waals surface area (Å²) in [5, 5.41) is 7.20. The summed E-state index contributed by atoms with van der Waals surface area (Å²) in [6, 6.07) is 12.1. The van der Waals surface area contributed by atoms with Crippen molar-refractivity contribution in [1.82, 2.24) is 9.97 Å². The predicted molar refractivity (Wildman–Crippen MR) is 130 cm³/mol. The molecule has 1 aliphatic heterocycles. The molecule has 8 nitrogen and oxygen atoms in total. The second-order valence-electron chi connectivity index (χ2n) is 8.01. The first-order chi connectivity index (χ1) is 17.0. The summed E-state index contributed by atoms with van der Waals surface area (Å²) in [6.45, 7) is 3.14. The molecule has 2 aromatic heterocycles. The second kappa shape index (κ2) is 9.46. The number of rotatable bonds is 5. The average Bonchev–Trinajstić information content (AvgIpc) is 2.88. The summed E-state index contributed by atoms with van der Waals surface area (Å²) >= 11 is 0. The van der Waals surface area contributed by atoms with Crippen LogP contribution < -0.4 is 20.1 Å². The number of carbonyl (C=O) groups is 1. The molecule has 0 aliphatic carbocycles. The van der Waals surface area contributed by atoms with Gasteiger partial charge in [0, 0.05) is 41.0 Å². The highest BCUT2D eigenvalue weighted by atomic mass is 19.1. The van der Waals surface area contributed by atoms with Gasteiger partial charge in [-0.3, -0.25) is 5.32 Å². The van der Waals surface area contributed by atoms with Gasteiger partial charge in [-0.05, 0) is 42.1 Å². The Kier molecular flexibility index (Phi) is 6.05. The maximum atomic E-state index is 15.0. The number of carbonyl (C=O) groups excluding carboxylic acids is 1. The number of pyridine rings is 2. The normalized spacial score (nSPS) is 12.3. The van der Waals surface area contributed by atoms with Crippen molar-refractivity contribution in [3.8, 4) is 22.8 Å². The smallest absolute Gasteiger partial charge is 0.413 e. The molecule has 4 aromatic rings. The van der Waals surface area contributed by atoms with Crippen LogP contribution in [0.5, 0.6) is 11.6 Å². The highest BCUT2D eigenvalue weighted by molar-refractivity contribution is 5.92. The van der Waals surface area contributed by atoms with Crippen molar-refractivity contribution in [3.63, 3.8) is 0 Å². The lowest BCUT2D eigenvalue weighted by Crippen LogP contribution is -2.20. The molecule has 0 bridgehead atoms. The Labute approximate surface area is 201 Å². The van der Waals surface area contributed by atoms with E-state index < -0.39 is 11.9 Å². The molecular formula is C26H23FN4O4. The predicted octanol–water partition coefficient (Wildman–Crippen LogP) is 5.31. The fourth-order valence-corrected chi connectivity index (χ4v) is 4.04. The zero-order valence-electron chi connectivity index (χ0n) is 19.2. The van der Waals surface area contributed by atoms with E-state index in [2.05, 4.69) is 20.6 Å². The van der Waals surface area contributed by atoms with Crippen molar-refractivity contribution in [2.24, 2.45) is 0 Å². The fraction of sp³-hybridized carbons (Fsp3) is 0.192. The van der Waals surface area contributed by atoms with Crippen LogP contribution >= 0.6 is 0 Å². The minimum atomic E-state index is -0.661. The molecular weight excluding hydrogens is 451 g/mol. The van der Waals surface area contributed by atoms with Gasteiger partial charge in [0.05, 0.1) is 7.11 Å². The van der Waals surface area contributed by atoms with Gasteiger partial charge in [-0.15, -0.1) is 0 Å². The van der Waals surface area contributed by atoms with Gasteiger partial charge in [-0.25, -0.2) is 19.2 Å². The number of nitrogens with zero attached hydrogens (tertiary/aromatic N) is 2. The zero-order chi connectivity index (χ0) is 24.4. The number of ether oxygens (including phenoxy) is 3. The number of para-hydroxylation sites is 1.